The molecule has 1 aliphatic rings. The van der Waals surface area contributed by atoms with Crippen LogP contribution in [-0.2, 0) is 4.79 Å². The van der Waals surface area contributed by atoms with Crippen molar-refractivity contribution in [1.82, 2.24) is 4.90 Å². The van der Waals surface area contributed by atoms with Crippen molar-refractivity contribution in [3.05, 3.63) is 29.3 Å². The van der Waals surface area contributed by atoms with Gasteiger partial charge in [-0.15, -0.1) is 0 Å². The Labute approximate surface area is 120 Å². The van der Waals surface area contributed by atoms with Gasteiger partial charge in [-0.2, -0.15) is 0 Å². The summed E-state index contributed by atoms with van der Waals surface area (Å²) >= 11 is 0. The number of hydrogen-bond donors (Lipinski definition) is 1. The monoisotopic (exact) mass is 277 g/mol. The second-order valence-electron chi connectivity index (χ2n) is 5.48. The predicted molar refractivity (Wildman–Crippen MR) is 78.3 cm³/mol. The van der Waals surface area contributed by atoms with Crippen LogP contribution in [0.15, 0.2) is 18.2 Å². The summed E-state index contributed by atoms with van der Waals surface area (Å²) in [6.07, 6.45) is 2.61. The van der Waals surface area contributed by atoms with Gasteiger partial charge in [-0.05, 0) is 62.9 Å². The fraction of sp³-hybridized carbons (Fsp3) is 0.562. The lowest BCUT2D eigenvalue weighted by Crippen LogP contribution is -2.36. The second-order valence-corrected chi connectivity index (χ2v) is 5.48. The molecule has 4 nitrogen and oxygen atoms in total. The summed E-state index contributed by atoms with van der Waals surface area (Å²) in [5.41, 5.74) is 2.49. The highest BCUT2D eigenvalue weighted by Crippen LogP contribution is 2.19. The van der Waals surface area contributed by atoms with E-state index in [1.165, 1.54) is 11.1 Å². The maximum absolute atomic E-state index is 11.1. The van der Waals surface area contributed by atoms with E-state index in [0.717, 1.165) is 38.1 Å². The first-order valence-corrected chi connectivity index (χ1v) is 7.25. The first-order valence-electron chi connectivity index (χ1n) is 7.25. The van der Waals surface area contributed by atoms with Gasteiger partial charge in [0.25, 0.3) is 0 Å². The number of rotatable bonds is 6. The molecule has 0 amide bonds. The summed E-state index contributed by atoms with van der Waals surface area (Å²) in [4.78, 5) is 13.1. The molecule has 0 aromatic heterocycles. The summed E-state index contributed by atoms with van der Waals surface area (Å²) in [6.45, 7) is 6.47. The average Bonchev–Trinajstić information content (AvgIpc) is 2.87. The molecule has 0 radical (unpaired) electrons. The Kier molecular flexibility index (Phi) is 5.01. The standard InChI is InChI=1S/C16H23NO3/c1-12-6-7-14(11-13(12)2)20-10-4-9-17-8-3-5-15(17)16(18)19/h6-7,11,15H,3-5,8-10H2,1-2H3,(H,18,19)/t15-/m0/s1. The number of aryl methyl sites for hydroxylation is 2. The molecule has 0 unspecified atom stereocenters. The van der Waals surface area contributed by atoms with E-state index in [0.29, 0.717) is 6.61 Å². The van der Waals surface area contributed by atoms with E-state index in [1.807, 2.05) is 17.0 Å². The van der Waals surface area contributed by atoms with Gasteiger partial charge < -0.3 is 9.84 Å². The first-order chi connectivity index (χ1) is 9.58. The highest BCUT2D eigenvalue weighted by molar-refractivity contribution is 5.73. The molecule has 20 heavy (non-hydrogen) atoms. The topological polar surface area (TPSA) is 49.8 Å². The fourth-order valence-corrected chi connectivity index (χ4v) is 2.63. The number of nitrogens with zero attached hydrogens (tertiary/aromatic N) is 1. The Balaban J connectivity index is 1.73. The minimum Gasteiger partial charge on any atom is -0.494 e. The van der Waals surface area contributed by atoms with Gasteiger partial charge in [0.2, 0.25) is 0 Å². The Morgan fingerprint density at radius 3 is 2.90 bits per heavy atom. The van der Waals surface area contributed by atoms with E-state index in [4.69, 9.17) is 9.84 Å². The maximum atomic E-state index is 11.1. The van der Waals surface area contributed by atoms with Crippen LogP contribution in [0.2, 0.25) is 0 Å². The SMILES string of the molecule is Cc1ccc(OCCCN2CCC[C@H]2C(=O)O)cc1C. The van der Waals surface area contributed by atoms with E-state index < -0.39 is 5.97 Å². The molecule has 1 aromatic rings. The van der Waals surface area contributed by atoms with Crippen molar-refractivity contribution in [3.63, 3.8) is 0 Å². The van der Waals surface area contributed by atoms with Crippen LogP contribution in [0.1, 0.15) is 30.4 Å². The second kappa shape index (κ2) is 6.75. The Bertz CT molecular complexity index is 473. The molecular weight excluding hydrogens is 254 g/mol. The molecule has 1 saturated heterocycles. The molecule has 0 spiro atoms. The third-order valence-electron chi connectivity index (χ3n) is 3.99. The zero-order valence-corrected chi connectivity index (χ0v) is 12.3. The van der Waals surface area contributed by atoms with Crippen molar-refractivity contribution in [2.45, 2.75) is 39.2 Å². The van der Waals surface area contributed by atoms with E-state index in [9.17, 15) is 4.79 Å². The van der Waals surface area contributed by atoms with Crippen LogP contribution in [0.25, 0.3) is 0 Å². The largest absolute Gasteiger partial charge is 0.494 e. The van der Waals surface area contributed by atoms with Crippen LogP contribution in [0.3, 0.4) is 0 Å². The van der Waals surface area contributed by atoms with Crippen molar-refractivity contribution in [2.75, 3.05) is 19.7 Å². The molecule has 1 heterocycles. The number of carboxylic acid groups (broad SMARTS) is 1. The van der Waals surface area contributed by atoms with Crippen LogP contribution in [0.4, 0.5) is 0 Å². The minimum absolute atomic E-state index is 0.295. The van der Waals surface area contributed by atoms with Gasteiger partial charge in [0.05, 0.1) is 6.61 Å². The number of carbonyl (C=O) groups is 1. The van der Waals surface area contributed by atoms with Crippen molar-refractivity contribution in [2.24, 2.45) is 0 Å². The molecule has 2 rings (SSSR count). The molecule has 1 N–H and O–H groups in total. The molecule has 110 valence electrons. The molecule has 1 fully saturated rings. The van der Waals surface area contributed by atoms with Crippen molar-refractivity contribution in [3.8, 4) is 5.75 Å². The smallest absolute Gasteiger partial charge is 0.320 e. The van der Waals surface area contributed by atoms with Crippen LogP contribution in [0, 0.1) is 13.8 Å². The zero-order valence-electron chi connectivity index (χ0n) is 12.3. The third-order valence-corrected chi connectivity index (χ3v) is 3.99. The molecule has 1 atom stereocenters. The van der Waals surface area contributed by atoms with Crippen molar-refractivity contribution < 1.29 is 14.6 Å². The number of ether oxygens (including phenoxy) is 1. The average molecular weight is 277 g/mol. The molecule has 4 heteroatoms. The summed E-state index contributed by atoms with van der Waals surface area (Å²) in [7, 11) is 0. The minimum atomic E-state index is -0.697. The quantitative estimate of drug-likeness (QED) is 0.812. The number of likely N-dealkylation sites (tertiary alicyclic amines) is 1. The first kappa shape index (κ1) is 14.9. The van der Waals surface area contributed by atoms with Crippen LogP contribution in [0.5, 0.6) is 5.75 Å². The fourth-order valence-electron chi connectivity index (χ4n) is 2.63. The zero-order chi connectivity index (χ0) is 14.5. The Morgan fingerprint density at radius 2 is 2.20 bits per heavy atom. The van der Waals surface area contributed by atoms with Gasteiger partial charge in [-0.1, -0.05) is 6.07 Å². The van der Waals surface area contributed by atoms with E-state index >= 15 is 0 Å². The van der Waals surface area contributed by atoms with Crippen LogP contribution >= 0.6 is 0 Å². The lowest BCUT2D eigenvalue weighted by Gasteiger charge is -2.20. The number of benzene rings is 1. The Morgan fingerprint density at radius 1 is 1.40 bits per heavy atom. The molecular formula is C16H23NO3. The van der Waals surface area contributed by atoms with Crippen molar-refractivity contribution >= 4 is 5.97 Å². The van der Waals surface area contributed by atoms with Gasteiger partial charge >= 0.3 is 5.97 Å². The van der Waals surface area contributed by atoms with Crippen LogP contribution < -0.4 is 4.74 Å². The molecule has 0 saturated carbocycles. The summed E-state index contributed by atoms with van der Waals surface area (Å²) in [5, 5.41) is 9.10. The highest BCUT2D eigenvalue weighted by atomic mass is 16.5. The third kappa shape index (κ3) is 3.73. The number of hydrogen-bond acceptors (Lipinski definition) is 3. The highest BCUT2D eigenvalue weighted by Gasteiger charge is 2.29. The Hall–Kier alpha value is -1.55. The van der Waals surface area contributed by atoms with Crippen molar-refractivity contribution in [1.29, 1.82) is 0 Å². The van der Waals surface area contributed by atoms with Gasteiger partial charge in [0.1, 0.15) is 11.8 Å². The molecule has 0 aliphatic carbocycles. The molecule has 1 aromatic carbocycles. The number of carboxylic acids is 1. The predicted octanol–water partition coefficient (Wildman–Crippen LogP) is 2.62. The lowest BCUT2D eigenvalue weighted by atomic mass is 10.1. The molecule has 0 bridgehead atoms. The van der Waals surface area contributed by atoms with Gasteiger partial charge in [-0.3, -0.25) is 9.69 Å². The molecule has 1 aliphatic heterocycles. The number of aliphatic carboxylic acids is 1. The normalized spacial score (nSPS) is 19.2. The summed E-state index contributed by atoms with van der Waals surface area (Å²) < 4.78 is 5.72. The van der Waals surface area contributed by atoms with Crippen LogP contribution in [-0.4, -0.2) is 41.7 Å². The summed E-state index contributed by atoms with van der Waals surface area (Å²) in [5.74, 6) is 0.196. The summed E-state index contributed by atoms with van der Waals surface area (Å²) in [6, 6.07) is 5.80. The van der Waals surface area contributed by atoms with Gasteiger partial charge in [-0.25, -0.2) is 0 Å². The van der Waals surface area contributed by atoms with E-state index in [-0.39, 0.29) is 6.04 Å². The van der Waals surface area contributed by atoms with Gasteiger partial charge in [0, 0.05) is 6.54 Å². The van der Waals surface area contributed by atoms with E-state index in [1.54, 1.807) is 0 Å². The lowest BCUT2D eigenvalue weighted by molar-refractivity contribution is -0.142. The van der Waals surface area contributed by atoms with Gasteiger partial charge in [0.15, 0.2) is 0 Å². The van der Waals surface area contributed by atoms with E-state index in [2.05, 4.69) is 19.9 Å². The maximum Gasteiger partial charge on any atom is 0.320 e.